The van der Waals surface area contributed by atoms with Crippen molar-refractivity contribution in [2.24, 2.45) is 0 Å². The van der Waals surface area contributed by atoms with E-state index < -0.39 is 0 Å². The zero-order valence-electron chi connectivity index (χ0n) is 11.6. The van der Waals surface area contributed by atoms with Crippen LogP contribution in [0.15, 0.2) is 30.3 Å². The van der Waals surface area contributed by atoms with Crippen LogP contribution in [0.1, 0.15) is 44.1 Å². The van der Waals surface area contributed by atoms with Crippen molar-refractivity contribution in [1.82, 2.24) is 5.32 Å². The van der Waals surface area contributed by atoms with Crippen LogP contribution in [0.5, 0.6) is 0 Å². The minimum absolute atomic E-state index is 0.118. The number of amides is 1. The highest BCUT2D eigenvalue weighted by atomic mass is 16.5. The Morgan fingerprint density at radius 1 is 1.42 bits per heavy atom. The van der Waals surface area contributed by atoms with Gasteiger partial charge in [-0.3, -0.25) is 4.79 Å². The van der Waals surface area contributed by atoms with E-state index in [4.69, 9.17) is 4.74 Å². The van der Waals surface area contributed by atoms with E-state index in [1.54, 1.807) is 0 Å². The van der Waals surface area contributed by atoms with Gasteiger partial charge in [-0.15, -0.1) is 0 Å². The molecule has 1 N–H and O–H groups in total. The Morgan fingerprint density at radius 3 is 2.89 bits per heavy atom. The maximum absolute atomic E-state index is 11.7. The Morgan fingerprint density at radius 2 is 2.21 bits per heavy atom. The van der Waals surface area contributed by atoms with Crippen molar-refractivity contribution in [2.75, 3.05) is 13.2 Å². The number of hydrogen-bond acceptors (Lipinski definition) is 2. The summed E-state index contributed by atoms with van der Waals surface area (Å²) in [4.78, 5) is 11.7. The molecule has 1 aliphatic rings. The summed E-state index contributed by atoms with van der Waals surface area (Å²) in [6, 6.07) is 10.4. The molecular weight excluding hydrogens is 238 g/mol. The van der Waals surface area contributed by atoms with Crippen LogP contribution < -0.4 is 5.32 Å². The van der Waals surface area contributed by atoms with E-state index in [9.17, 15) is 4.79 Å². The van der Waals surface area contributed by atoms with Crippen molar-refractivity contribution in [2.45, 2.75) is 44.6 Å². The van der Waals surface area contributed by atoms with Gasteiger partial charge in [0.15, 0.2) is 0 Å². The topological polar surface area (TPSA) is 38.3 Å². The molecule has 1 saturated heterocycles. The zero-order valence-corrected chi connectivity index (χ0v) is 11.6. The third-order valence-corrected chi connectivity index (χ3v) is 3.71. The van der Waals surface area contributed by atoms with Crippen molar-refractivity contribution in [3.05, 3.63) is 35.9 Å². The second-order valence-corrected chi connectivity index (χ2v) is 5.29. The average Bonchev–Trinajstić information content (AvgIpc) is 2.92. The van der Waals surface area contributed by atoms with Crippen LogP contribution in [0.2, 0.25) is 0 Å². The highest BCUT2D eigenvalue weighted by Crippen LogP contribution is 2.18. The molecule has 0 unspecified atom stereocenters. The summed E-state index contributed by atoms with van der Waals surface area (Å²) >= 11 is 0. The molecule has 3 heteroatoms. The fourth-order valence-electron chi connectivity index (χ4n) is 2.46. The molecule has 3 nitrogen and oxygen atoms in total. The molecule has 0 bridgehead atoms. The number of carbonyl (C=O) groups is 1. The second kappa shape index (κ2) is 7.29. The normalized spacial score (nSPS) is 20.2. The molecule has 1 fully saturated rings. The molecule has 1 aromatic rings. The molecule has 104 valence electrons. The van der Waals surface area contributed by atoms with Crippen LogP contribution in [0.25, 0.3) is 0 Å². The van der Waals surface area contributed by atoms with Gasteiger partial charge in [-0.05, 0) is 30.7 Å². The van der Waals surface area contributed by atoms with Gasteiger partial charge in [-0.25, -0.2) is 0 Å². The molecule has 1 amide bonds. The summed E-state index contributed by atoms with van der Waals surface area (Å²) in [5.74, 6) is 0.594. The van der Waals surface area contributed by atoms with E-state index in [0.29, 0.717) is 12.3 Å². The fraction of sp³-hybridized carbons (Fsp3) is 0.562. The number of rotatable bonds is 6. The van der Waals surface area contributed by atoms with E-state index in [-0.39, 0.29) is 12.0 Å². The summed E-state index contributed by atoms with van der Waals surface area (Å²) in [6.45, 7) is 3.74. The summed E-state index contributed by atoms with van der Waals surface area (Å²) in [7, 11) is 0. The molecule has 19 heavy (non-hydrogen) atoms. The van der Waals surface area contributed by atoms with Crippen LogP contribution in [0, 0.1) is 0 Å². The van der Waals surface area contributed by atoms with Crippen molar-refractivity contribution in [3.8, 4) is 0 Å². The first kappa shape index (κ1) is 14.1. The molecule has 0 spiro atoms. The smallest absolute Gasteiger partial charge is 0.222 e. The molecule has 0 aromatic heterocycles. The van der Waals surface area contributed by atoms with Crippen LogP contribution in [0.4, 0.5) is 0 Å². The first-order valence-corrected chi connectivity index (χ1v) is 7.19. The van der Waals surface area contributed by atoms with Gasteiger partial charge in [0.2, 0.25) is 5.91 Å². The number of nitrogens with one attached hydrogen (secondary N) is 1. The lowest BCUT2D eigenvalue weighted by Gasteiger charge is -2.13. The van der Waals surface area contributed by atoms with Gasteiger partial charge in [0.25, 0.3) is 0 Å². The maximum Gasteiger partial charge on any atom is 0.222 e. The molecule has 1 heterocycles. The van der Waals surface area contributed by atoms with Crippen LogP contribution >= 0.6 is 0 Å². The molecule has 0 aliphatic carbocycles. The molecule has 1 aliphatic heterocycles. The second-order valence-electron chi connectivity index (χ2n) is 5.29. The molecule has 1 aromatic carbocycles. The minimum atomic E-state index is 0.118. The maximum atomic E-state index is 11.7. The Labute approximate surface area is 115 Å². The zero-order chi connectivity index (χ0) is 13.5. The van der Waals surface area contributed by atoms with Crippen molar-refractivity contribution < 1.29 is 9.53 Å². The Hall–Kier alpha value is -1.35. The highest BCUT2D eigenvalue weighted by Gasteiger charge is 2.18. The van der Waals surface area contributed by atoms with Gasteiger partial charge >= 0.3 is 0 Å². The lowest BCUT2D eigenvalue weighted by Crippen LogP contribution is -2.28. The molecule has 0 saturated carbocycles. The van der Waals surface area contributed by atoms with Gasteiger partial charge in [0, 0.05) is 13.2 Å². The van der Waals surface area contributed by atoms with Gasteiger partial charge in [-0.1, -0.05) is 37.3 Å². The first-order chi connectivity index (χ1) is 9.25. The first-order valence-electron chi connectivity index (χ1n) is 7.19. The summed E-state index contributed by atoms with van der Waals surface area (Å²) in [5, 5.41) is 2.99. The predicted molar refractivity (Wildman–Crippen MR) is 76.1 cm³/mol. The van der Waals surface area contributed by atoms with Gasteiger partial charge < -0.3 is 10.1 Å². The lowest BCUT2D eigenvalue weighted by molar-refractivity contribution is -0.123. The minimum Gasteiger partial charge on any atom is -0.378 e. The van der Waals surface area contributed by atoms with Crippen LogP contribution in [0.3, 0.4) is 0 Å². The van der Waals surface area contributed by atoms with E-state index >= 15 is 0 Å². The summed E-state index contributed by atoms with van der Waals surface area (Å²) < 4.78 is 5.46. The quantitative estimate of drug-likeness (QED) is 0.855. The number of benzene rings is 1. The van der Waals surface area contributed by atoms with Gasteiger partial charge in [0.05, 0.1) is 12.5 Å². The Bertz CT molecular complexity index is 385. The number of ether oxygens (including phenoxy) is 1. The monoisotopic (exact) mass is 261 g/mol. The van der Waals surface area contributed by atoms with Gasteiger partial charge in [0.1, 0.15) is 0 Å². The Balaban J connectivity index is 1.64. The third-order valence-electron chi connectivity index (χ3n) is 3.71. The highest BCUT2D eigenvalue weighted by molar-refractivity contribution is 5.76. The van der Waals surface area contributed by atoms with Gasteiger partial charge in [-0.2, -0.15) is 0 Å². The van der Waals surface area contributed by atoms with Crippen LogP contribution in [-0.2, 0) is 9.53 Å². The number of hydrogen-bond donors (Lipinski definition) is 1. The van der Waals surface area contributed by atoms with E-state index in [0.717, 1.165) is 32.4 Å². The fourth-order valence-corrected chi connectivity index (χ4v) is 2.46. The molecule has 2 atom stereocenters. The average molecular weight is 261 g/mol. The van der Waals surface area contributed by atoms with E-state index in [2.05, 4.69) is 36.5 Å². The predicted octanol–water partition coefficient (Wildman–Crippen LogP) is 2.87. The standard InChI is InChI=1S/C16H23NO2/c1-13(14-6-3-2-4-7-14)9-10-17-16(18)12-15-8-5-11-19-15/h2-4,6-7,13,15H,5,8-12H2,1H3,(H,17,18)/t13-,15+/m1/s1. The molecule has 2 rings (SSSR count). The molecular formula is C16H23NO2. The van der Waals surface area contributed by atoms with Crippen molar-refractivity contribution >= 4 is 5.91 Å². The summed E-state index contributed by atoms with van der Waals surface area (Å²) in [6.07, 6.45) is 3.74. The van der Waals surface area contributed by atoms with Crippen molar-refractivity contribution in [1.29, 1.82) is 0 Å². The number of carbonyl (C=O) groups excluding carboxylic acids is 1. The largest absolute Gasteiger partial charge is 0.378 e. The SMILES string of the molecule is C[C@H](CCNC(=O)C[C@@H]1CCCO1)c1ccccc1. The summed E-state index contributed by atoms with van der Waals surface area (Å²) in [5.41, 5.74) is 1.33. The molecule has 0 radical (unpaired) electrons. The lowest BCUT2D eigenvalue weighted by atomic mass is 9.98. The van der Waals surface area contributed by atoms with E-state index in [1.807, 2.05) is 6.07 Å². The van der Waals surface area contributed by atoms with Crippen LogP contribution in [-0.4, -0.2) is 25.2 Å². The van der Waals surface area contributed by atoms with Crippen molar-refractivity contribution in [3.63, 3.8) is 0 Å². The van der Waals surface area contributed by atoms with E-state index in [1.165, 1.54) is 5.56 Å². The Kier molecular flexibility index (Phi) is 5.40. The third kappa shape index (κ3) is 4.67.